The van der Waals surface area contributed by atoms with E-state index in [9.17, 15) is 0 Å². The number of fused-ring (bicyclic) bond motifs is 1. The molecule has 0 amide bonds. The van der Waals surface area contributed by atoms with Crippen LogP contribution in [0.4, 0.5) is 11.4 Å². The number of nitrogens with zero attached hydrogens (tertiary/aromatic N) is 1. The zero-order chi connectivity index (χ0) is 12.4. The molecule has 0 radical (unpaired) electrons. The molecule has 0 spiro atoms. The summed E-state index contributed by atoms with van der Waals surface area (Å²) in [7, 11) is 0. The summed E-state index contributed by atoms with van der Waals surface area (Å²) in [6.45, 7) is 1.51. The molecule has 18 heavy (non-hydrogen) atoms. The smallest absolute Gasteiger partial charge is 0.0487 e. The minimum atomic E-state index is 0.594. The van der Waals surface area contributed by atoms with Crippen molar-refractivity contribution in [2.45, 2.75) is 6.54 Å². The summed E-state index contributed by atoms with van der Waals surface area (Å²) < 4.78 is 0. The van der Waals surface area contributed by atoms with Crippen molar-refractivity contribution in [3.05, 3.63) is 65.7 Å². The fraction of sp³-hybridized carbons (Fsp3) is 0.125. The highest BCUT2D eigenvalue weighted by Gasteiger charge is 2.13. The third-order valence-corrected chi connectivity index (χ3v) is 3.30. The Bertz CT molecular complexity index is 570. The quantitative estimate of drug-likeness (QED) is 0.866. The van der Waals surface area contributed by atoms with Gasteiger partial charge < -0.3 is 10.6 Å². The van der Waals surface area contributed by atoms with Gasteiger partial charge in [0.25, 0.3) is 0 Å². The molecule has 0 saturated carbocycles. The average Bonchev–Trinajstić information content (AvgIpc) is 2.47. The van der Waals surface area contributed by atoms with Crippen molar-refractivity contribution in [2.75, 3.05) is 11.4 Å². The molecule has 0 bridgehead atoms. The fourth-order valence-electron chi connectivity index (χ4n) is 2.31. The van der Waals surface area contributed by atoms with Crippen LogP contribution in [0.1, 0.15) is 11.1 Å². The average molecular weight is 236 g/mol. The SMILES string of the molecule is NCc1ccc(N2CC=Cc3ccccc32)cc1. The number of para-hydroxylation sites is 1. The van der Waals surface area contributed by atoms with Crippen LogP contribution in [0.5, 0.6) is 0 Å². The van der Waals surface area contributed by atoms with Crippen molar-refractivity contribution in [3.63, 3.8) is 0 Å². The number of benzene rings is 2. The van der Waals surface area contributed by atoms with Gasteiger partial charge in [-0.15, -0.1) is 0 Å². The van der Waals surface area contributed by atoms with Gasteiger partial charge in [0.2, 0.25) is 0 Å². The van der Waals surface area contributed by atoms with E-state index < -0.39 is 0 Å². The Morgan fingerprint density at radius 2 is 1.78 bits per heavy atom. The van der Waals surface area contributed by atoms with Gasteiger partial charge in [0.05, 0.1) is 0 Å². The first-order valence-electron chi connectivity index (χ1n) is 6.20. The first-order chi connectivity index (χ1) is 8.88. The van der Waals surface area contributed by atoms with E-state index in [4.69, 9.17) is 5.73 Å². The molecule has 3 rings (SSSR count). The lowest BCUT2D eigenvalue weighted by molar-refractivity contribution is 1.05. The zero-order valence-electron chi connectivity index (χ0n) is 10.2. The van der Waals surface area contributed by atoms with Crippen LogP contribution in [0, 0.1) is 0 Å². The van der Waals surface area contributed by atoms with Crippen LogP contribution in [0.2, 0.25) is 0 Å². The van der Waals surface area contributed by atoms with Gasteiger partial charge >= 0.3 is 0 Å². The second-order valence-electron chi connectivity index (χ2n) is 4.44. The molecular formula is C16H16N2. The highest BCUT2D eigenvalue weighted by Crippen LogP contribution is 2.32. The molecule has 2 heteroatoms. The van der Waals surface area contributed by atoms with Gasteiger partial charge in [-0.1, -0.05) is 42.5 Å². The topological polar surface area (TPSA) is 29.3 Å². The number of hydrogen-bond donors (Lipinski definition) is 1. The third-order valence-electron chi connectivity index (χ3n) is 3.30. The summed E-state index contributed by atoms with van der Waals surface area (Å²) >= 11 is 0. The van der Waals surface area contributed by atoms with E-state index >= 15 is 0 Å². The van der Waals surface area contributed by atoms with Gasteiger partial charge in [-0.2, -0.15) is 0 Å². The van der Waals surface area contributed by atoms with E-state index in [0.29, 0.717) is 6.54 Å². The van der Waals surface area contributed by atoms with E-state index in [-0.39, 0.29) is 0 Å². The second-order valence-corrected chi connectivity index (χ2v) is 4.44. The van der Waals surface area contributed by atoms with Crippen molar-refractivity contribution >= 4 is 17.5 Å². The van der Waals surface area contributed by atoms with Gasteiger partial charge in [0, 0.05) is 24.5 Å². The number of nitrogens with two attached hydrogens (primary N) is 1. The Kier molecular flexibility index (Phi) is 2.87. The van der Waals surface area contributed by atoms with Crippen molar-refractivity contribution in [1.82, 2.24) is 0 Å². The standard InChI is InChI=1S/C16H16N2/c17-12-13-7-9-15(10-8-13)18-11-3-5-14-4-1-2-6-16(14)18/h1-10H,11-12,17H2. The minimum Gasteiger partial charge on any atom is -0.337 e. The second kappa shape index (κ2) is 4.67. The van der Waals surface area contributed by atoms with Crippen LogP contribution in [0.25, 0.3) is 6.08 Å². The summed E-state index contributed by atoms with van der Waals surface area (Å²) in [5.41, 5.74) is 10.5. The predicted octanol–water partition coefficient (Wildman–Crippen LogP) is 3.31. The lowest BCUT2D eigenvalue weighted by Gasteiger charge is -2.28. The minimum absolute atomic E-state index is 0.594. The Balaban J connectivity index is 1.99. The van der Waals surface area contributed by atoms with E-state index in [0.717, 1.165) is 6.54 Å². The molecule has 1 aliphatic heterocycles. The van der Waals surface area contributed by atoms with E-state index in [1.165, 1.54) is 22.5 Å². The monoisotopic (exact) mass is 236 g/mol. The molecule has 1 aliphatic rings. The van der Waals surface area contributed by atoms with Gasteiger partial charge in [-0.3, -0.25) is 0 Å². The summed E-state index contributed by atoms with van der Waals surface area (Å²) in [6, 6.07) is 16.9. The molecule has 2 nitrogen and oxygen atoms in total. The molecule has 2 aromatic rings. The Morgan fingerprint density at radius 3 is 2.56 bits per heavy atom. The number of rotatable bonds is 2. The molecule has 2 aromatic carbocycles. The molecule has 0 unspecified atom stereocenters. The molecule has 0 atom stereocenters. The maximum atomic E-state index is 5.63. The first-order valence-corrected chi connectivity index (χ1v) is 6.20. The molecule has 2 N–H and O–H groups in total. The predicted molar refractivity (Wildman–Crippen MR) is 76.8 cm³/mol. The molecule has 0 aromatic heterocycles. The lowest BCUT2D eigenvalue weighted by Crippen LogP contribution is -2.20. The highest BCUT2D eigenvalue weighted by atomic mass is 15.1. The molecule has 0 fully saturated rings. The van der Waals surface area contributed by atoms with Crippen LogP contribution in [-0.2, 0) is 6.54 Å². The van der Waals surface area contributed by atoms with E-state index in [2.05, 4.69) is 65.6 Å². The van der Waals surface area contributed by atoms with Crippen molar-refractivity contribution in [1.29, 1.82) is 0 Å². The third kappa shape index (κ3) is 1.91. The molecule has 1 heterocycles. The van der Waals surface area contributed by atoms with E-state index in [1.807, 2.05) is 0 Å². The summed E-state index contributed by atoms with van der Waals surface area (Å²) in [6.07, 6.45) is 4.37. The van der Waals surface area contributed by atoms with Gasteiger partial charge in [-0.25, -0.2) is 0 Å². The van der Waals surface area contributed by atoms with Crippen LogP contribution >= 0.6 is 0 Å². The van der Waals surface area contributed by atoms with E-state index in [1.54, 1.807) is 0 Å². The van der Waals surface area contributed by atoms with Crippen molar-refractivity contribution < 1.29 is 0 Å². The molecule has 90 valence electrons. The van der Waals surface area contributed by atoms with Crippen LogP contribution < -0.4 is 10.6 Å². The summed E-state index contributed by atoms with van der Waals surface area (Å²) in [5, 5.41) is 0. The number of anilines is 2. The van der Waals surface area contributed by atoms with Crippen LogP contribution in [-0.4, -0.2) is 6.54 Å². The van der Waals surface area contributed by atoms with Crippen molar-refractivity contribution in [3.8, 4) is 0 Å². The van der Waals surface area contributed by atoms with Crippen molar-refractivity contribution in [2.24, 2.45) is 5.73 Å². The fourth-order valence-corrected chi connectivity index (χ4v) is 2.31. The maximum absolute atomic E-state index is 5.63. The normalized spacial score (nSPS) is 13.5. The Morgan fingerprint density at radius 1 is 1.00 bits per heavy atom. The molecule has 0 saturated heterocycles. The van der Waals surface area contributed by atoms with Crippen LogP contribution in [0.15, 0.2) is 54.6 Å². The zero-order valence-corrected chi connectivity index (χ0v) is 10.2. The van der Waals surface area contributed by atoms with Gasteiger partial charge in [-0.05, 0) is 29.3 Å². The Labute approximate surface area is 107 Å². The first kappa shape index (κ1) is 11.1. The summed E-state index contributed by atoms with van der Waals surface area (Å²) in [5.74, 6) is 0. The van der Waals surface area contributed by atoms with Gasteiger partial charge in [0.15, 0.2) is 0 Å². The number of hydrogen-bond acceptors (Lipinski definition) is 2. The van der Waals surface area contributed by atoms with Gasteiger partial charge in [0.1, 0.15) is 0 Å². The maximum Gasteiger partial charge on any atom is 0.0487 e. The Hall–Kier alpha value is -2.06. The molecule has 0 aliphatic carbocycles. The molecular weight excluding hydrogens is 220 g/mol. The van der Waals surface area contributed by atoms with Crippen LogP contribution in [0.3, 0.4) is 0 Å². The highest BCUT2D eigenvalue weighted by molar-refractivity contribution is 5.77. The largest absolute Gasteiger partial charge is 0.337 e. The lowest BCUT2D eigenvalue weighted by atomic mass is 10.1. The summed E-state index contributed by atoms with van der Waals surface area (Å²) in [4.78, 5) is 2.32.